The Balaban J connectivity index is 0.000000980. The minimum atomic E-state index is 0. The van der Waals surface area contributed by atoms with Crippen molar-refractivity contribution in [2.75, 3.05) is 0 Å². The van der Waals surface area contributed by atoms with E-state index in [1.54, 1.807) is 0 Å². The van der Waals surface area contributed by atoms with E-state index in [1.165, 1.54) is 5.56 Å². The number of nitrogens with zero attached hydrogens (tertiary/aromatic N) is 1. The highest BCUT2D eigenvalue weighted by molar-refractivity contribution is 5.20. The standard InChI is InChI=1S/C11H12N2.H2O/c1-9-12-8-11(13-9)7-10-5-3-2-4-6-10;/h2-6,8H,7H2,1H3,(H,12,13);1H2. The lowest BCUT2D eigenvalue weighted by molar-refractivity contribution is 0.824. The topological polar surface area (TPSA) is 60.2 Å². The summed E-state index contributed by atoms with van der Waals surface area (Å²) in [7, 11) is 0. The Morgan fingerprint density at radius 1 is 1.21 bits per heavy atom. The fourth-order valence-electron chi connectivity index (χ4n) is 1.36. The number of hydrogen-bond donors (Lipinski definition) is 1. The number of imidazole rings is 1. The fourth-order valence-corrected chi connectivity index (χ4v) is 1.36. The number of rotatable bonds is 2. The number of benzene rings is 1. The number of nitrogens with one attached hydrogen (secondary N) is 1. The molecule has 0 aliphatic heterocycles. The summed E-state index contributed by atoms with van der Waals surface area (Å²) in [6.07, 6.45) is 2.87. The predicted octanol–water partition coefficient (Wildman–Crippen LogP) is 1.48. The second-order valence-corrected chi connectivity index (χ2v) is 3.14. The second kappa shape index (κ2) is 4.58. The molecule has 3 heteroatoms. The van der Waals surface area contributed by atoms with Gasteiger partial charge in [-0.3, -0.25) is 0 Å². The summed E-state index contributed by atoms with van der Waals surface area (Å²) in [5.41, 5.74) is 2.40. The van der Waals surface area contributed by atoms with Gasteiger partial charge in [-0.25, -0.2) is 4.98 Å². The summed E-state index contributed by atoms with van der Waals surface area (Å²) in [6, 6.07) is 10.4. The van der Waals surface area contributed by atoms with Gasteiger partial charge < -0.3 is 10.5 Å². The van der Waals surface area contributed by atoms with E-state index in [2.05, 4.69) is 34.2 Å². The minimum absolute atomic E-state index is 0. The van der Waals surface area contributed by atoms with Crippen LogP contribution in [0.5, 0.6) is 0 Å². The maximum atomic E-state index is 4.35. The molecule has 14 heavy (non-hydrogen) atoms. The van der Waals surface area contributed by atoms with Crippen LogP contribution < -0.4 is 0 Å². The van der Waals surface area contributed by atoms with E-state index in [4.69, 9.17) is 0 Å². The Kier molecular flexibility index (Phi) is 3.42. The first-order valence-electron chi connectivity index (χ1n) is 4.39. The molecule has 0 radical (unpaired) electrons. The molecule has 2 aromatic rings. The van der Waals surface area contributed by atoms with E-state index in [0.29, 0.717) is 0 Å². The first kappa shape index (κ1) is 10.5. The van der Waals surface area contributed by atoms with Gasteiger partial charge in [-0.15, -0.1) is 0 Å². The lowest BCUT2D eigenvalue weighted by Gasteiger charge is -1.95. The smallest absolute Gasteiger partial charge is 0.103 e. The third-order valence-electron chi connectivity index (χ3n) is 1.99. The van der Waals surface area contributed by atoms with Crippen LogP contribution in [0.15, 0.2) is 36.5 Å². The van der Waals surface area contributed by atoms with Crippen molar-refractivity contribution in [3.8, 4) is 0 Å². The molecular formula is C11H14N2O. The molecule has 1 heterocycles. The van der Waals surface area contributed by atoms with E-state index in [9.17, 15) is 0 Å². The molecule has 2 rings (SSSR count). The van der Waals surface area contributed by atoms with E-state index < -0.39 is 0 Å². The molecule has 0 saturated heterocycles. The molecule has 0 fully saturated rings. The summed E-state index contributed by atoms with van der Waals surface area (Å²) in [6.45, 7) is 1.97. The van der Waals surface area contributed by atoms with Gasteiger partial charge in [-0.05, 0) is 12.5 Å². The van der Waals surface area contributed by atoms with E-state index in [1.807, 2.05) is 19.2 Å². The van der Waals surface area contributed by atoms with E-state index in [0.717, 1.165) is 17.9 Å². The number of aromatic nitrogens is 2. The van der Waals surface area contributed by atoms with Crippen LogP contribution in [0.2, 0.25) is 0 Å². The number of aromatic amines is 1. The molecule has 0 saturated carbocycles. The van der Waals surface area contributed by atoms with Crippen molar-refractivity contribution in [2.24, 2.45) is 0 Å². The molecule has 0 unspecified atom stereocenters. The Morgan fingerprint density at radius 2 is 1.93 bits per heavy atom. The van der Waals surface area contributed by atoms with Crippen molar-refractivity contribution >= 4 is 0 Å². The molecule has 0 aliphatic carbocycles. The summed E-state index contributed by atoms with van der Waals surface area (Å²) >= 11 is 0. The number of aryl methyl sites for hydroxylation is 1. The van der Waals surface area contributed by atoms with Crippen molar-refractivity contribution < 1.29 is 5.48 Å². The van der Waals surface area contributed by atoms with Crippen LogP contribution in [-0.2, 0) is 6.42 Å². The highest BCUT2D eigenvalue weighted by atomic mass is 16.0. The first-order chi connectivity index (χ1) is 6.34. The van der Waals surface area contributed by atoms with E-state index in [-0.39, 0.29) is 5.48 Å². The summed E-state index contributed by atoms with van der Waals surface area (Å²) < 4.78 is 0. The van der Waals surface area contributed by atoms with Crippen molar-refractivity contribution in [3.63, 3.8) is 0 Å². The minimum Gasteiger partial charge on any atom is -0.412 e. The van der Waals surface area contributed by atoms with Gasteiger partial charge in [0.1, 0.15) is 5.82 Å². The van der Waals surface area contributed by atoms with Crippen LogP contribution in [0.3, 0.4) is 0 Å². The molecule has 0 amide bonds. The molecule has 0 atom stereocenters. The van der Waals surface area contributed by atoms with Gasteiger partial charge in [0, 0.05) is 12.6 Å². The van der Waals surface area contributed by atoms with Crippen LogP contribution in [0, 0.1) is 6.92 Å². The van der Waals surface area contributed by atoms with Crippen LogP contribution in [0.25, 0.3) is 0 Å². The average Bonchev–Trinajstić information content (AvgIpc) is 2.53. The normalized spacial score (nSPS) is 9.50. The Morgan fingerprint density at radius 3 is 2.50 bits per heavy atom. The highest BCUT2D eigenvalue weighted by Gasteiger charge is 1.98. The predicted molar refractivity (Wildman–Crippen MR) is 56.2 cm³/mol. The Hall–Kier alpha value is -1.61. The van der Waals surface area contributed by atoms with Crippen LogP contribution in [0.1, 0.15) is 17.1 Å². The second-order valence-electron chi connectivity index (χ2n) is 3.14. The average molecular weight is 190 g/mol. The quantitative estimate of drug-likeness (QED) is 0.766. The van der Waals surface area contributed by atoms with Gasteiger partial charge in [0.25, 0.3) is 0 Å². The largest absolute Gasteiger partial charge is 0.412 e. The molecule has 0 bridgehead atoms. The lowest BCUT2D eigenvalue weighted by Crippen LogP contribution is -1.87. The molecule has 0 aliphatic rings. The van der Waals surface area contributed by atoms with Gasteiger partial charge in [-0.2, -0.15) is 0 Å². The number of H-pyrrole nitrogens is 1. The summed E-state index contributed by atoms with van der Waals surface area (Å²) in [5.74, 6) is 0.978. The third kappa shape index (κ3) is 2.44. The maximum Gasteiger partial charge on any atom is 0.103 e. The lowest BCUT2D eigenvalue weighted by atomic mass is 10.1. The number of hydrogen-bond acceptors (Lipinski definition) is 1. The van der Waals surface area contributed by atoms with Gasteiger partial charge in [-0.1, -0.05) is 30.3 Å². The molecule has 3 nitrogen and oxygen atoms in total. The summed E-state index contributed by atoms with van der Waals surface area (Å²) in [4.78, 5) is 7.43. The molecule has 1 aromatic carbocycles. The summed E-state index contributed by atoms with van der Waals surface area (Å²) in [5, 5.41) is 0. The van der Waals surface area contributed by atoms with Gasteiger partial charge in [0.15, 0.2) is 0 Å². The molecule has 1 aromatic heterocycles. The first-order valence-corrected chi connectivity index (χ1v) is 4.39. The Labute approximate surface area is 83.1 Å². The van der Waals surface area contributed by atoms with Crippen molar-refractivity contribution in [1.29, 1.82) is 0 Å². The monoisotopic (exact) mass is 190 g/mol. The molecular weight excluding hydrogens is 176 g/mol. The highest BCUT2D eigenvalue weighted by Crippen LogP contribution is 2.06. The molecule has 3 N–H and O–H groups in total. The zero-order valence-corrected chi connectivity index (χ0v) is 8.12. The van der Waals surface area contributed by atoms with Crippen LogP contribution in [-0.4, -0.2) is 15.4 Å². The molecule has 74 valence electrons. The van der Waals surface area contributed by atoms with Gasteiger partial charge in [0.05, 0.1) is 5.69 Å². The van der Waals surface area contributed by atoms with E-state index >= 15 is 0 Å². The molecule has 0 spiro atoms. The zero-order chi connectivity index (χ0) is 9.10. The fraction of sp³-hybridized carbons (Fsp3) is 0.182. The van der Waals surface area contributed by atoms with Crippen molar-refractivity contribution in [2.45, 2.75) is 13.3 Å². The van der Waals surface area contributed by atoms with Crippen LogP contribution >= 0.6 is 0 Å². The van der Waals surface area contributed by atoms with Crippen LogP contribution in [0.4, 0.5) is 0 Å². The van der Waals surface area contributed by atoms with Crippen molar-refractivity contribution in [3.05, 3.63) is 53.6 Å². The van der Waals surface area contributed by atoms with Crippen molar-refractivity contribution in [1.82, 2.24) is 9.97 Å². The van der Waals surface area contributed by atoms with Gasteiger partial charge >= 0.3 is 0 Å². The third-order valence-corrected chi connectivity index (χ3v) is 1.99. The zero-order valence-electron chi connectivity index (χ0n) is 8.12. The SMILES string of the molecule is Cc1nc(Cc2ccccc2)c[nH]1.O. The Bertz CT molecular complexity index is 381. The maximum absolute atomic E-state index is 4.35. The van der Waals surface area contributed by atoms with Gasteiger partial charge in [0.2, 0.25) is 0 Å².